The highest BCUT2D eigenvalue weighted by molar-refractivity contribution is 5.98. The zero-order valence-corrected chi connectivity index (χ0v) is 15.8. The van der Waals surface area contributed by atoms with Crippen LogP contribution in [0.2, 0.25) is 0 Å². The van der Waals surface area contributed by atoms with Gasteiger partial charge in [0.2, 0.25) is 0 Å². The lowest BCUT2D eigenvalue weighted by Crippen LogP contribution is -2.30. The van der Waals surface area contributed by atoms with E-state index in [1.807, 2.05) is 0 Å². The van der Waals surface area contributed by atoms with Gasteiger partial charge < -0.3 is 14.9 Å². The minimum Gasteiger partial charge on any atom is -0.350 e. The van der Waals surface area contributed by atoms with Crippen LogP contribution >= 0.6 is 0 Å². The molecule has 0 aliphatic carbocycles. The van der Waals surface area contributed by atoms with Gasteiger partial charge in [-0.25, -0.2) is 17.6 Å². The lowest BCUT2D eigenvalue weighted by molar-refractivity contribution is 0.0738. The Morgan fingerprint density at radius 2 is 1.53 bits per heavy atom. The van der Waals surface area contributed by atoms with E-state index < -0.39 is 40.8 Å². The molecule has 9 heteroatoms. The first-order valence-electron chi connectivity index (χ1n) is 8.92. The molecule has 0 saturated heterocycles. The predicted molar refractivity (Wildman–Crippen MR) is 103 cm³/mol. The average molecular weight is 417 g/mol. The van der Waals surface area contributed by atoms with Crippen LogP contribution in [0.5, 0.6) is 0 Å². The lowest BCUT2D eigenvalue weighted by Gasteiger charge is -2.25. The molecule has 0 fully saturated rings. The zero-order chi connectivity index (χ0) is 21.7. The molecule has 0 aliphatic rings. The molecule has 0 bridgehead atoms. The molecule has 4 aromatic rings. The summed E-state index contributed by atoms with van der Waals surface area (Å²) in [4.78, 5) is 31.5. The monoisotopic (exact) mass is 417 g/mol. The van der Waals surface area contributed by atoms with Crippen molar-refractivity contribution in [3.05, 3.63) is 81.4 Å². The first-order chi connectivity index (χ1) is 14.2. The van der Waals surface area contributed by atoms with Gasteiger partial charge in [-0.1, -0.05) is 0 Å². The van der Waals surface area contributed by atoms with E-state index >= 15 is 0 Å². The van der Waals surface area contributed by atoms with Crippen molar-refractivity contribution in [3.8, 4) is 0 Å². The normalized spacial score (nSPS) is 12.5. The second-order valence-electron chi connectivity index (χ2n) is 7.01. The highest BCUT2D eigenvalue weighted by Crippen LogP contribution is 2.28. The number of H-pyrrole nitrogens is 2. The van der Waals surface area contributed by atoms with Crippen molar-refractivity contribution >= 4 is 27.6 Å². The fourth-order valence-electron chi connectivity index (χ4n) is 3.43. The van der Waals surface area contributed by atoms with Gasteiger partial charge in [-0.3, -0.25) is 9.59 Å². The molecule has 154 valence electrons. The summed E-state index contributed by atoms with van der Waals surface area (Å²) in [6.45, 7) is 1.65. The van der Waals surface area contributed by atoms with E-state index in [4.69, 9.17) is 0 Å². The van der Waals surface area contributed by atoms with Crippen LogP contribution in [0.4, 0.5) is 17.6 Å². The molecule has 2 heterocycles. The summed E-state index contributed by atoms with van der Waals surface area (Å²) >= 11 is 0. The predicted octanol–water partition coefficient (Wildman–Crippen LogP) is 4.40. The molecule has 2 N–H and O–H groups in total. The quantitative estimate of drug-likeness (QED) is 0.485. The van der Waals surface area contributed by atoms with Crippen LogP contribution in [0.3, 0.4) is 0 Å². The second-order valence-corrected chi connectivity index (χ2v) is 7.01. The molecule has 1 amide bonds. The van der Waals surface area contributed by atoms with Crippen molar-refractivity contribution in [2.75, 3.05) is 7.05 Å². The van der Waals surface area contributed by atoms with Gasteiger partial charge in [-0.2, -0.15) is 0 Å². The van der Waals surface area contributed by atoms with E-state index in [1.54, 1.807) is 6.92 Å². The fourth-order valence-corrected chi connectivity index (χ4v) is 3.43. The Morgan fingerprint density at radius 3 is 2.23 bits per heavy atom. The van der Waals surface area contributed by atoms with Gasteiger partial charge in [0.25, 0.3) is 11.5 Å². The lowest BCUT2D eigenvalue weighted by atomic mass is 10.0. The number of carbonyl (C=O) groups is 1. The van der Waals surface area contributed by atoms with Crippen LogP contribution in [0.1, 0.15) is 29.0 Å². The summed E-state index contributed by atoms with van der Waals surface area (Å²) < 4.78 is 54.2. The number of benzene rings is 2. The van der Waals surface area contributed by atoms with E-state index in [9.17, 15) is 27.2 Å². The number of carbonyl (C=O) groups excluding carboxylic acids is 1. The Kier molecular flexibility index (Phi) is 4.60. The van der Waals surface area contributed by atoms with E-state index in [0.717, 1.165) is 24.3 Å². The van der Waals surface area contributed by atoms with Crippen LogP contribution in [-0.2, 0) is 0 Å². The topological polar surface area (TPSA) is 69.0 Å². The summed E-state index contributed by atoms with van der Waals surface area (Å²) in [6, 6.07) is 4.40. The zero-order valence-electron chi connectivity index (χ0n) is 15.8. The maximum Gasteiger partial charge on any atom is 0.270 e. The molecule has 0 aliphatic heterocycles. The van der Waals surface area contributed by atoms with Crippen LogP contribution < -0.4 is 5.56 Å². The number of amides is 1. The van der Waals surface area contributed by atoms with Gasteiger partial charge in [-0.05, 0) is 42.1 Å². The summed E-state index contributed by atoms with van der Waals surface area (Å²) in [7, 11) is 1.48. The standard InChI is InChI=1S/C21H15F4N3O2/c1-9(13-8-26-20(29)12-6-16(24)15(23)5-11(12)13)28(2)21(30)19-4-10-3-14(22)17(25)7-18(10)27-19/h3-9,27H,1-2H3,(H,26,29)/t9-/m1/s1. The summed E-state index contributed by atoms with van der Waals surface area (Å²) in [6.07, 6.45) is 1.34. The van der Waals surface area contributed by atoms with Crippen molar-refractivity contribution in [2.24, 2.45) is 0 Å². The maximum absolute atomic E-state index is 13.8. The average Bonchev–Trinajstić information content (AvgIpc) is 3.11. The highest BCUT2D eigenvalue weighted by atomic mass is 19.2. The highest BCUT2D eigenvalue weighted by Gasteiger charge is 2.23. The third kappa shape index (κ3) is 3.12. The number of aromatic amines is 2. The number of rotatable bonds is 3. The second kappa shape index (κ2) is 7.01. The smallest absolute Gasteiger partial charge is 0.270 e. The molecule has 2 aromatic carbocycles. The number of fused-ring (bicyclic) bond motifs is 2. The van der Waals surface area contributed by atoms with Crippen molar-refractivity contribution in [3.63, 3.8) is 0 Å². The summed E-state index contributed by atoms with van der Waals surface area (Å²) in [5, 5.41) is 0.451. The largest absolute Gasteiger partial charge is 0.350 e. The maximum atomic E-state index is 13.8. The number of nitrogens with zero attached hydrogens (tertiary/aromatic N) is 1. The molecule has 0 spiro atoms. The first kappa shape index (κ1) is 19.7. The van der Waals surface area contributed by atoms with Crippen molar-refractivity contribution in [1.82, 2.24) is 14.9 Å². The van der Waals surface area contributed by atoms with Gasteiger partial charge in [0.05, 0.1) is 11.4 Å². The molecule has 4 rings (SSSR count). The van der Waals surface area contributed by atoms with Crippen LogP contribution in [0.25, 0.3) is 21.7 Å². The minimum atomic E-state index is -1.15. The van der Waals surface area contributed by atoms with Gasteiger partial charge in [0.15, 0.2) is 23.3 Å². The van der Waals surface area contributed by atoms with Gasteiger partial charge >= 0.3 is 0 Å². The molecular formula is C21H15F4N3O2. The number of halogens is 4. The minimum absolute atomic E-state index is 0.0457. The molecule has 2 aromatic heterocycles. The number of hydrogen-bond donors (Lipinski definition) is 2. The number of hydrogen-bond acceptors (Lipinski definition) is 2. The molecule has 5 nitrogen and oxygen atoms in total. The van der Waals surface area contributed by atoms with E-state index in [-0.39, 0.29) is 22.0 Å². The fraction of sp³-hybridized carbons (Fsp3) is 0.143. The van der Waals surface area contributed by atoms with Crippen molar-refractivity contribution < 1.29 is 22.4 Å². The summed E-state index contributed by atoms with van der Waals surface area (Å²) in [5.74, 6) is -4.84. The molecule has 0 saturated carbocycles. The van der Waals surface area contributed by atoms with Crippen LogP contribution in [-0.4, -0.2) is 27.8 Å². The molecular weight excluding hydrogens is 402 g/mol. The van der Waals surface area contributed by atoms with Crippen molar-refractivity contribution in [2.45, 2.75) is 13.0 Å². The Hall–Kier alpha value is -3.62. The Balaban J connectivity index is 1.74. The van der Waals surface area contributed by atoms with E-state index in [0.29, 0.717) is 10.9 Å². The number of pyridine rings is 1. The van der Waals surface area contributed by atoms with E-state index in [1.165, 1.54) is 24.2 Å². The third-order valence-electron chi connectivity index (χ3n) is 5.22. The summed E-state index contributed by atoms with van der Waals surface area (Å²) in [5.41, 5.74) is 0.154. The van der Waals surface area contributed by atoms with Crippen LogP contribution in [0.15, 0.2) is 41.3 Å². The molecule has 30 heavy (non-hydrogen) atoms. The number of nitrogens with one attached hydrogen (secondary N) is 2. The van der Waals surface area contributed by atoms with Gasteiger partial charge in [-0.15, -0.1) is 0 Å². The van der Waals surface area contributed by atoms with Gasteiger partial charge in [0, 0.05) is 30.2 Å². The first-order valence-corrected chi connectivity index (χ1v) is 8.92. The third-order valence-corrected chi connectivity index (χ3v) is 5.22. The molecule has 1 atom stereocenters. The van der Waals surface area contributed by atoms with Crippen molar-refractivity contribution in [1.29, 1.82) is 0 Å². The Labute approximate surface area is 166 Å². The molecule has 0 unspecified atom stereocenters. The number of aromatic nitrogens is 2. The Bertz CT molecular complexity index is 1340. The molecule has 0 radical (unpaired) electrons. The van der Waals surface area contributed by atoms with E-state index in [2.05, 4.69) is 9.97 Å². The van der Waals surface area contributed by atoms with Gasteiger partial charge in [0.1, 0.15) is 5.69 Å². The Morgan fingerprint density at radius 1 is 0.933 bits per heavy atom. The SMILES string of the molecule is C[C@H](c1c[nH]c(=O)c2cc(F)c(F)cc12)N(C)C(=O)c1cc2cc(F)c(F)cc2[nH]1. The van der Waals surface area contributed by atoms with Crippen LogP contribution in [0, 0.1) is 23.3 Å².